The van der Waals surface area contributed by atoms with E-state index >= 15 is 0 Å². The second kappa shape index (κ2) is 4.85. The van der Waals surface area contributed by atoms with Crippen molar-refractivity contribution in [3.8, 4) is 5.69 Å². The number of nitrogens with zero attached hydrogens (tertiary/aromatic N) is 1. The number of hydrogen-bond donors (Lipinski definition) is 1. The predicted molar refractivity (Wildman–Crippen MR) is 91.9 cm³/mol. The van der Waals surface area contributed by atoms with Gasteiger partial charge in [-0.25, -0.2) is 0 Å². The van der Waals surface area contributed by atoms with Crippen molar-refractivity contribution >= 4 is 23.3 Å². The number of imidazole rings is 1. The number of rotatable bonds is 1. The fourth-order valence-corrected chi connectivity index (χ4v) is 2.95. The molecule has 0 amide bonds. The van der Waals surface area contributed by atoms with Gasteiger partial charge >= 0.3 is 0 Å². The molecule has 3 aromatic rings. The molecule has 0 fully saturated rings. The van der Waals surface area contributed by atoms with Gasteiger partial charge in [-0.1, -0.05) is 45.0 Å². The Balaban J connectivity index is 2.19. The maximum Gasteiger partial charge on any atom is 0.182 e. The molecule has 0 saturated heterocycles. The molecule has 0 atom stereocenters. The number of nitrogens with one attached hydrogen (secondary N) is 1. The summed E-state index contributed by atoms with van der Waals surface area (Å²) >= 11 is 5.51. The van der Waals surface area contributed by atoms with E-state index in [1.54, 1.807) is 0 Å². The Morgan fingerprint density at radius 1 is 1.00 bits per heavy atom. The molecule has 3 rings (SSSR count). The zero-order chi connectivity index (χ0) is 15.2. The fourth-order valence-electron chi connectivity index (χ4n) is 2.64. The first-order valence-electron chi connectivity index (χ1n) is 7.19. The monoisotopic (exact) mass is 296 g/mol. The van der Waals surface area contributed by atoms with Crippen LogP contribution < -0.4 is 0 Å². The maximum absolute atomic E-state index is 5.51. The standard InChI is InChI=1S/C18H20N2S/c1-12-6-5-7-15-16(12)19-17(21)20(15)14-10-8-13(9-11-14)18(2,3)4/h5-11H,1-4H3,(H,19,21). The van der Waals surface area contributed by atoms with Gasteiger partial charge < -0.3 is 4.98 Å². The minimum Gasteiger partial charge on any atom is -0.330 e. The van der Waals surface area contributed by atoms with Gasteiger partial charge in [0.05, 0.1) is 11.0 Å². The molecule has 0 saturated carbocycles. The molecule has 21 heavy (non-hydrogen) atoms. The lowest BCUT2D eigenvalue weighted by Gasteiger charge is -2.19. The zero-order valence-electron chi connectivity index (χ0n) is 12.9. The van der Waals surface area contributed by atoms with Crippen molar-refractivity contribution in [3.05, 3.63) is 58.4 Å². The summed E-state index contributed by atoms with van der Waals surface area (Å²) in [7, 11) is 0. The summed E-state index contributed by atoms with van der Waals surface area (Å²) in [5.41, 5.74) is 6.05. The Hall–Kier alpha value is -1.87. The summed E-state index contributed by atoms with van der Waals surface area (Å²) in [4.78, 5) is 3.32. The molecule has 0 aliphatic rings. The van der Waals surface area contributed by atoms with E-state index in [1.165, 1.54) is 11.1 Å². The van der Waals surface area contributed by atoms with Gasteiger partial charge in [0.15, 0.2) is 4.77 Å². The van der Waals surface area contributed by atoms with Gasteiger partial charge in [0.1, 0.15) is 0 Å². The maximum atomic E-state index is 5.51. The van der Waals surface area contributed by atoms with Crippen LogP contribution in [0, 0.1) is 11.7 Å². The van der Waals surface area contributed by atoms with Crippen LogP contribution in [0.1, 0.15) is 31.9 Å². The van der Waals surface area contributed by atoms with E-state index in [9.17, 15) is 0 Å². The van der Waals surface area contributed by atoms with Gasteiger partial charge in [-0.15, -0.1) is 0 Å². The lowest BCUT2D eigenvalue weighted by atomic mass is 9.87. The largest absolute Gasteiger partial charge is 0.330 e. The molecule has 0 radical (unpaired) electrons. The van der Waals surface area contributed by atoms with E-state index in [2.05, 4.69) is 79.7 Å². The van der Waals surface area contributed by atoms with Crippen molar-refractivity contribution < 1.29 is 0 Å². The van der Waals surface area contributed by atoms with Crippen LogP contribution in [0.2, 0.25) is 0 Å². The summed E-state index contributed by atoms with van der Waals surface area (Å²) in [6.07, 6.45) is 0. The van der Waals surface area contributed by atoms with Gasteiger partial charge in [0.2, 0.25) is 0 Å². The van der Waals surface area contributed by atoms with Gasteiger partial charge in [-0.3, -0.25) is 4.57 Å². The highest BCUT2D eigenvalue weighted by Gasteiger charge is 2.14. The summed E-state index contributed by atoms with van der Waals surface area (Å²) in [5, 5.41) is 0. The van der Waals surface area contributed by atoms with Gasteiger partial charge in [0.25, 0.3) is 0 Å². The lowest BCUT2D eigenvalue weighted by molar-refractivity contribution is 0.590. The molecule has 1 aromatic heterocycles. The molecule has 2 nitrogen and oxygen atoms in total. The van der Waals surface area contributed by atoms with Crippen LogP contribution in [0.25, 0.3) is 16.7 Å². The third-order valence-electron chi connectivity index (χ3n) is 3.92. The SMILES string of the molecule is Cc1cccc2c1[nH]c(=S)n2-c1ccc(C(C)(C)C)cc1. The number of H-pyrrole nitrogens is 1. The molecule has 0 bridgehead atoms. The molecule has 0 unspecified atom stereocenters. The van der Waals surface area contributed by atoms with Crippen LogP contribution in [0.15, 0.2) is 42.5 Å². The third kappa shape index (κ3) is 2.42. The zero-order valence-corrected chi connectivity index (χ0v) is 13.7. The Bertz CT molecular complexity index is 846. The minimum absolute atomic E-state index is 0.163. The van der Waals surface area contributed by atoms with E-state index in [0.29, 0.717) is 0 Å². The Morgan fingerprint density at radius 2 is 1.67 bits per heavy atom. The van der Waals surface area contributed by atoms with Crippen molar-refractivity contribution in [1.82, 2.24) is 9.55 Å². The molecule has 0 aliphatic heterocycles. The average Bonchev–Trinajstić information content (AvgIpc) is 2.76. The molecule has 1 N–H and O–H groups in total. The number of benzene rings is 2. The Labute approximate surface area is 130 Å². The minimum atomic E-state index is 0.163. The Morgan fingerprint density at radius 3 is 2.29 bits per heavy atom. The number of aromatic amines is 1. The highest BCUT2D eigenvalue weighted by Crippen LogP contribution is 2.26. The van der Waals surface area contributed by atoms with Gasteiger partial charge in [0, 0.05) is 5.69 Å². The molecule has 0 aliphatic carbocycles. The predicted octanol–water partition coefficient (Wildman–Crippen LogP) is 5.29. The first-order chi connectivity index (χ1) is 9.88. The molecule has 0 spiro atoms. The van der Waals surface area contributed by atoms with E-state index < -0.39 is 0 Å². The fraction of sp³-hybridized carbons (Fsp3) is 0.278. The number of aryl methyl sites for hydroxylation is 1. The molecule has 2 aromatic carbocycles. The summed E-state index contributed by atoms with van der Waals surface area (Å²) in [6, 6.07) is 14.9. The number of para-hydroxylation sites is 1. The van der Waals surface area contributed by atoms with Crippen LogP contribution in [-0.4, -0.2) is 9.55 Å². The molecule has 3 heteroatoms. The molecular formula is C18H20N2S. The van der Waals surface area contributed by atoms with Crippen LogP contribution >= 0.6 is 12.2 Å². The second-order valence-electron chi connectivity index (χ2n) is 6.53. The number of fused-ring (bicyclic) bond motifs is 1. The molecule has 108 valence electrons. The normalized spacial score (nSPS) is 12.0. The third-order valence-corrected chi connectivity index (χ3v) is 4.20. The second-order valence-corrected chi connectivity index (χ2v) is 6.92. The Kier molecular flexibility index (Phi) is 3.25. The van der Waals surface area contributed by atoms with Crippen molar-refractivity contribution in [3.63, 3.8) is 0 Å². The number of hydrogen-bond acceptors (Lipinski definition) is 1. The lowest BCUT2D eigenvalue weighted by Crippen LogP contribution is -2.10. The van der Waals surface area contributed by atoms with E-state index in [-0.39, 0.29) is 5.41 Å². The van der Waals surface area contributed by atoms with E-state index in [1.807, 2.05) is 0 Å². The number of aromatic nitrogens is 2. The summed E-state index contributed by atoms with van der Waals surface area (Å²) in [6.45, 7) is 8.77. The van der Waals surface area contributed by atoms with Crippen LogP contribution in [0.5, 0.6) is 0 Å². The van der Waals surface area contributed by atoms with E-state index in [4.69, 9.17) is 12.2 Å². The van der Waals surface area contributed by atoms with Crippen molar-refractivity contribution in [2.45, 2.75) is 33.1 Å². The highest BCUT2D eigenvalue weighted by atomic mass is 32.1. The summed E-state index contributed by atoms with van der Waals surface area (Å²) in [5.74, 6) is 0. The quantitative estimate of drug-likeness (QED) is 0.605. The molecular weight excluding hydrogens is 276 g/mol. The highest BCUT2D eigenvalue weighted by molar-refractivity contribution is 7.71. The first-order valence-corrected chi connectivity index (χ1v) is 7.60. The van der Waals surface area contributed by atoms with Gasteiger partial charge in [-0.2, -0.15) is 0 Å². The van der Waals surface area contributed by atoms with Crippen LogP contribution in [0.4, 0.5) is 0 Å². The van der Waals surface area contributed by atoms with Gasteiger partial charge in [-0.05, 0) is 53.9 Å². The van der Waals surface area contributed by atoms with Crippen molar-refractivity contribution in [2.24, 2.45) is 0 Å². The topological polar surface area (TPSA) is 20.7 Å². The molecule has 1 heterocycles. The van der Waals surface area contributed by atoms with E-state index in [0.717, 1.165) is 21.5 Å². The van der Waals surface area contributed by atoms with Crippen molar-refractivity contribution in [2.75, 3.05) is 0 Å². The van der Waals surface area contributed by atoms with Crippen LogP contribution in [0.3, 0.4) is 0 Å². The van der Waals surface area contributed by atoms with Crippen LogP contribution in [-0.2, 0) is 5.41 Å². The summed E-state index contributed by atoms with van der Waals surface area (Å²) < 4.78 is 2.84. The first kappa shape index (κ1) is 14.1. The smallest absolute Gasteiger partial charge is 0.182 e. The average molecular weight is 296 g/mol. The van der Waals surface area contributed by atoms with Crippen molar-refractivity contribution in [1.29, 1.82) is 0 Å².